The molecule has 23 heavy (non-hydrogen) atoms. The van der Waals surface area contributed by atoms with E-state index in [2.05, 4.69) is 19.2 Å². The van der Waals surface area contributed by atoms with Crippen molar-refractivity contribution in [2.24, 2.45) is 11.8 Å². The number of rotatable bonds is 4. The summed E-state index contributed by atoms with van der Waals surface area (Å²) in [5, 5.41) is 3.37. The van der Waals surface area contributed by atoms with Gasteiger partial charge in [0.1, 0.15) is 0 Å². The molecule has 126 valence electrons. The van der Waals surface area contributed by atoms with Gasteiger partial charge in [0.2, 0.25) is 0 Å². The van der Waals surface area contributed by atoms with Crippen molar-refractivity contribution in [2.45, 2.75) is 39.2 Å². The summed E-state index contributed by atoms with van der Waals surface area (Å²) in [7, 11) is 0. The lowest BCUT2D eigenvalue weighted by Crippen LogP contribution is -2.45. The third kappa shape index (κ3) is 4.61. The van der Waals surface area contributed by atoms with Crippen molar-refractivity contribution in [3.8, 4) is 0 Å². The Hall–Kier alpha value is -1.26. The monoisotopic (exact) mass is 357 g/mol. The van der Waals surface area contributed by atoms with E-state index in [0.29, 0.717) is 11.8 Å². The number of amides is 1. The molecular weight excluding hydrogens is 337 g/mol. The van der Waals surface area contributed by atoms with E-state index >= 15 is 0 Å². The number of hydrogen-bond acceptors (Lipinski definition) is 3. The van der Waals surface area contributed by atoms with Crippen LogP contribution in [0.15, 0.2) is 18.2 Å². The third-order valence-corrected chi connectivity index (χ3v) is 5.18. The molecule has 0 bridgehead atoms. The van der Waals surface area contributed by atoms with Gasteiger partial charge in [0.05, 0.1) is 15.6 Å². The summed E-state index contributed by atoms with van der Waals surface area (Å²) in [5.41, 5.74) is 0.0864. The number of carbonyl (C=O) groups excluding carboxylic acids is 2. The van der Waals surface area contributed by atoms with E-state index in [4.69, 9.17) is 27.9 Å². The first-order chi connectivity index (χ1) is 10.9. The molecule has 0 spiro atoms. The maximum Gasteiger partial charge on any atom is 0.341 e. The minimum absolute atomic E-state index is 0.0864. The van der Waals surface area contributed by atoms with Gasteiger partial charge in [0.25, 0.3) is 5.91 Å². The Balaban J connectivity index is 1.88. The summed E-state index contributed by atoms with van der Waals surface area (Å²) in [6, 6.07) is 4.87. The molecule has 6 heteroatoms. The number of ether oxygens (including phenoxy) is 1. The topological polar surface area (TPSA) is 55.4 Å². The van der Waals surface area contributed by atoms with E-state index in [-0.39, 0.29) is 34.2 Å². The maximum atomic E-state index is 12.0. The Labute approximate surface area is 146 Å². The molecule has 1 aliphatic carbocycles. The van der Waals surface area contributed by atoms with Crippen molar-refractivity contribution in [3.05, 3.63) is 33.8 Å². The fraction of sp³-hybridized carbons (Fsp3) is 0.529. The van der Waals surface area contributed by atoms with Crippen LogP contribution in [-0.2, 0) is 9.53 Å². The Morgan fingerprint density at radius 1 is 1.22 bits per heavy atom. The molecule has 1 aromatic carbocycles. The average molecular weight is 358 g/mol. The zero-order valence-electron chi connectivity index (χ0n) is 13.3. The van der Waals surface area contributed by atoms with Crippen molar-refractivity contribution in [2.75, 3.05) is 6.61 Å². The van der Waals surface area contributed by atoms with Crippen molar-refractivity contribution in [1.29, 1.82) is 0 Å². The lowest BCUT2D eigenvalue weighted by molar-refractivity contribution is -0.125. The van der Waals surface area contributed by atoms with Gasteiger partial charge in [-0.15, -0.1) is 0 Å². The van der Waals surface area contributed by atoms with Gasteiger partial charge in [0.15, 0.2) is 6.61 Å². The Morgan fingerprint density at radius 3 is 2.52 bits per heavy atom. The molecule has 1 N–H and O–H groups in total. The van der Waals surface area contributed by atoms with Crippen LogP contribution in [0.5, 0.6) is 0 Å². The van der Waals surface area contributed by atoms with Crippen LogP contribution >= 0.6 is 23.2 Å². The maximum absolute atomic E-state index is 12.0. The first-order valence-electron chi connectivity index (χ1n) is 7.80. The van der Waals surface area contributed by atoms with Gasteiger partial charge in [-0.1, -0.05) is 56.0 Å². The van der Waals surface area contributed by atoms with Gasteiger partial charge >= 0.3 is 5.97 Å². The average Bonchev–Trinajstić information content (AvgIpc) is 2.49. The minimum atomic E-state index is -0.694. The molecule has 1 fully saturated rings. The molecule has 0 aromatic heterocycles. The highest BCUT2D eigenvalue weighted by atomic mass is 35.5. The van der Waals surface area contributed by atoms with E-state index in [1.165, 1.54) is 6.42 Å². The predicted molar refractivity (Wildman–Crippen MR) is 90.9 cm³/mol. The molecule has 4 nitrogen and oxygen atoms in total. The van der Waals surface area contributed by atoms with E-state index in [0.717, 1.165) is 12.8 Å². The third-order valence-electron chi connectivity index (χ3n) is 4.55. The Kier molecular flexibility index (Phi) is 6.31. The molecule has 0 saturated heterocycles. The summed E-state index contributed by atoms with van der Waals surface area (Å²) in [4.78, 5) is 24.0. The molecule has 0 aliphatic heterocycles. The van der Waals surface area contributed by atoms with E-state index in [1.54, 1.807) is 18.2 Å². The number of carbonyl (C=O) groups is 2. The van der Waals surface area contributed by atoms with Crippen LogP contribution in [0.2, 0.25) is 10.0 Å². The highest BCUT2D eigenvalue weighted by molar-refractivity contribution is 6.39. The molecule has 0 heterocycles. The summed E-state index contributed by atoms with van der Waals surface area (Å²) in [5.74, 6) is 0.00762. The SMILES string of the molecule is CC1CCCC(NC(=O)COC(=O)c2c(Cl)cccc2Cl)C1C. The minimum Gasteiger partial charge on any atom is -0.452 e. The second-order valence-corrected chi connectivity index (χ2v) is 6.93. The van der Waals surface area contributed by atoms with Gasteiger partial charge in [-0.25, -0.2) is 4.79 Å². The quantitative estimate of drug-likeness (QED) is 0.825. The molecule has 3 unspecified atom stereocenters. The van der Waals surface area contributed by atoms with Crippen LogP contribution in [0.1, 0.15) is 43.5 Å². The van der Waals surface area contributed by atoms with Crippen LogP contribution in [0.4, 0.5) is 0 Å². The van der Waals surface area contributed by atoms with Gasteiger partial charge in [-0.05, 0) is 30.4 Å². The predicted octanol–water partition coefficient (Wildman–Crippen LogP) is 4.09. The molecule has 3 atom stereocenters. The molecule has 1 saturated carbocycles. The largest absolute Gasteiger partial charge is 0.452 e. The lowest BCUT2D eigenvalue weighted by atomic mass is 9.78. The van der Waals surface area contributed by atoms with Crippen molar-refractivity contribution in [1.82, 2.24) is 5.32 Å². The molecule has 1 aliphatic rings. The van der Waals surface area contributed by atoms with Crippen LogP contribution in [0, 0.1) is 11.8 Å². The van der Waals surface area contributed by atoms with Gasteiger partial charge < -0.3 is 10.1 Å². The molecule has 1 aromatic rings. The van der Waals surface area contributed by atoms with Crippen LogP contribution in [0.3, 0.4) is 0 Å². The molecule has 0 radical (unpaired) electrons. The van der Waals surface area contributed by atoms with Crippen LogP contribution < -0.4 is 5.32 Å². The Bertz CT molecular complexity index is 571. The Morgan fingerprint density at radius 2 is 1.87 bits per heavy atom. The number of nitrogens with one attached hydrogen (secondary N) is 1. The normalized spacial score (nSPS) is 24.1. The second-order valence-electron chi connectivity index (χ2n) is 6.11. The number of esters is 1. The zero-order valence-corrected chi connectivity index (χ0v) is 14.8. The van der Waals surface area contributed by atoms with Crippen molar-refractivity contribution >= 4 is 35.1 Å². The van der Waals surface area contributed by atoms with Crippen molar-refractivity contribution < 1.29 is 14.3 Å². The first-order valence-corrected chi connectivity index (χ1v) is 8.56. The zero-order chi connectivity index (χ0) is 17.0. The highest BCUT2D eigenvalue weighted by Gasteiger charge is 2.28. The van der Waals surface area contributed by atoms with Crippen LogP contribution in [-0.4, -0.2) is 24.5 Å². The van der Waals surface area contributed by atoms with E-state index in [1.807, 2.05) is 0 Å². The highest BCUT2D eigenvalue weighted by Crippen LogP contribution is 2.29. The van der Waals surface area contributed by atoms with E-state index < -0.39 is 5.97 Å². The summed E-state index contributed by atoms with van der Waals surface area (Å²) in [6.45, 7) is 4.00. The number of halogens is 2. The molecule has 2 rings (SSSR count). The lowest BCUT2D eigenvalue weighted by Gasteiger charge is -2.34. The summed E-state index contributed by atoms with van der Waals surface area (Å²) in [6.07, 6.45) is 3.25. The van der Waals surface area contributed by atoms with Gasteiger partial charge in [-0.3, -0.25) is 4.79 Å². The van der Waals surface area contributed by atoms with Crippen molar-refractivity contribution in [3.63, 3.8) is 0 Å². The fourth-order valence-corrected chi connectivity index (χ4v) is 3.48. The number of benzene rings is 1. The van der Waals surface area contributed by atoms with Gasteiger partial charge in [0, 0.05) is 6.04 Å². The summed E-state index contributed by atoms with van der Waals surface area (Å²) >= 11 is 11.9. The number of hydrogen-bond donors (Lipinski definition) is 1. The summed E-state index contributed by atoms with van der Waals surface area (Å²) < 4.78 is 5.04. The smallest absolute Gasteiger partial charge is 0.341 e. The van der Waals surface area contributed by atoms with Gasteiger partial charge in [-0.2, -0.15) is 0 Å². The first kappa shape index (κ1) is 18.1. The van der Waals surface area contributed by atoms with E-state index in [9.17, 15) is 9.59 Å². The second kappa shape index (κ2) is 8.02. The standard InChI is InChI=1S/C17H21Cl2NO3/c1-10-5-3-8-14(11(10)2)20-15(21)9-23-17(22)16-12(18)6-4-7-13(16)19/h4,6-7,10-11,14H,3,5,8-9H2,1-2H3,(H,20,21). The molecule has 1 amide bonds. The van der Waals surface area contributed by atoms with Crippen LogP contribution in [0.25, 0.3) is 0 Å². The molecular formula is C17H21Cl2NO3. The fourth-order valence-electron chi connectivity index (χ4n) is 2.93.